The Kier molecular flexibility index (Phi) is 5.69. The van der Waals surface area contributed by atoms with Gasteiger partial charge in [-0.05, 0) is 40.2 Å². The van der Waals surface area contributed by atoms with Gasteiger partial charge in [0.15, 0.2) is 0 Å². The topological polar surface area (TPSA) is 29.9 Å². The summed E-state index contributed by atoms with van der Waals surface area (Å²) in [4.78, 5) is 0. The molecule has 1 aromatic rings. The van der Waals surface area contributed by atoms with E-state index in [1.54, 1.807) is 0 Å². The van der Waals surface area contributed by atoms with E-state index in [9.17, 15) is 0 Å². The molecule has 98 valence electrons. The van der Waals surface area contributed by atoms with Gasteiger partial charge in [-0.2, -0.15) is 5.10 Å². The van der Waals surface area contributed by atoms with Gasteiger partial charge in [-0.25, -0.2) is 0 Å². The van der Waals surface area contributed by atoms with Crippen LogP contribution in [-0.4, -0.2) is 16.3 Å². The van der Waals surface area contributed by atoms with Gasteiger partial charge in [0.05, 0.1) is 5.69 Å². The number of unbranched alkanes of at least 4 members (excludes halogenated alkanes) is 1. The minimum Gasteiger partial charge on any atom is -0.310 e. The highest BCUT2D eigenvalue weighted by Crippen LogP contribution is 2.21. The summed E-state index contributed by atoms with van der Waals surface area (Å²) in [6, 6.07) is 0.408. The monoisotopic (exact) mass is 237 g/mol. The predicted molar refractivity (Wildman–Crippen MR) is 73.3 cm³/mol. The van der Waals surface area contributed by atoms with Crippen LogP contribution < -0.4 is 5.32 Å². The SMILES string of the molecule is CCCCn1nc(C)c(C(C)NCCC)c1C. The lowest BCUT2D eigenvalue weighted by atomic mass is 10.1. The Morgan fingerprint density at radius 2 is 1.94 bits per heavy atom. The maximum Gasteiger partial charge on any atom is 0.0644 e. The summed E-state index contributed by atoms with van der Waals surface area (Å²) in [5, 5.41) is 8.20. The zero-order valence-corrected chi connectivity index (χ0v) is 12.0. The fraction of sp³-hybridized carbons (Fsp3) is 0.786. The van der Waals surface area contributed by atoms with Crippen molar-refractivity contribution in [2.24, 2.45) is 0 Å². The van der Waals surface area contributed by atoms with E-state index in [0.717, 1.165) is 13.1 Å². The van der Waals surface area contributed by atoms with Gasteiger partial charge in [-0.1, -0.05) is 20.3 Å². The van der Waals surface area contributed by atoms with Crippen molar-refractivity contribution in [3.63, 3.8) is 0 Å². The maximum atomic E-state index is 4.65. The fourth-order valence-electron chi connectivity index (χ4n) is 2.33. The zero-order valence-electron chi connectivity index (χ0n) is 12.0. The van der Waals surface area contributed by atoms with Gasteiger partial charge in [-0.15, -0.1) is 0 Å². The number of hydrogen-bond acceptors (Lipinski definition) is 2. The standard InChI is InChI=1S/C14H27N3/c1-6-8-10-17-13(5)14(12(4)16-17)11(3)15-9-7-2/h11,15H,6-10H2,1-5H3. The predicted octanol–water partition coefficient (Wildman–Crippen LogP) is 3.36. The van der Waals surface area contributed by atoms with E-state index in [1.165, 1.54) is 36.2 Å². The van der Waals surface area contributed by atoms with E-state index >= 15 is 0 Å². The van der Waals surface area contributed by atoms with E-state index in [4.69, 9.17) is 0 Å². The Morgan fingerprint density at radius 3 is 2.53 bits per heavy atom. The smallest absolute Gasteiger partial charge is 0.0644 e. The molecule has 0 aliphatic heterocycles. The van der Waals surface area contributed by atoms with Gasteiger partial charge in [0.2, 0.25) is 0 Å². The molecule has 0 saturated carbocycles. The Bertz CT molecular complexity index is 341. The van der Waals surface area contributed by atoms with Crippen LogP contribution in [0.2, 0.25) is 0 Å². The second-order valence-corrected chi connectivity index (χ2v) is 4.84. The normalized spacial score (nSPS) is 13.0. The van der Waals surface area contributed by atoms with Crippen LogP contribution in [0.4, 0.5) is 0 Å². The van der Waals surface area contributed by atoms with Crippen LogP contribution in [0.15, 0.2) is 0 Å². The van der Waals surface area contributed by atoms with Crippen LogP contribution in [0.1, 0.15) is 63.0 Å². The highest BCUT2D eigenvalue weighted by Gasteiger charge is 2.16. The number of nitrogens with zero attached hydrogens (tertiary/aromatic N) is 2. The molecule has 0 aromatic carbocycles. The summed E-state index contributed by atoms with van der Waals surface area (Å²) in [5.74, 6) is 0. The van der Waals surface area contributed by atoms with E-state index in [2.05, 4.69) is 49.7 Å². The maximum absolute atomic E-state index is 4.65. The van der Waals surface area contributed by atoms with Gasteiger partial charge >= 0.3 is 0 Å². The molecule has 1 rings (SSSR count). The molecule has 1 N–H and O–H groups in total. The average molecular weight is 237 g/mol. The van der Waals surface area contributed by atoms with E-state index in [-0.39, 0.29) is 0 Å². The zero-order chi connectivity index (χ0) is 12.8. The molecule has 3 nitrogen and oxygen atoms in total. The molecule has 0 saturated heterocycles. The lowest BCUT2D eigenvalue weighted by Gasteiger charge is -2.14. The number of rotatable bonds is 7. The first kappa shape index (κ1) is 14.2. The molecule has 0 aliphatic carbocycles. The van der Waals surface area contributed by atoms with Crippen molar-refractivity contribution >= 4 is 0 Å². The van der Waals surface area contributed by atoms with Crippen molar-refractivity contribution in [3.05, 3.63) is 17.0 Å². The van der Waals surface area contributed by atoms with E-state index < -0.39 is 0 Å². The Labute approximate surface area is 106 Å². The van der Waals surface area contributed by atoms with Gasteiger partial charge in [-0.3, -0.25) is 4.68 Å². The van der Waals surface area contributed by atoms with Gasteiger partial charge < -0.3 is 5.32 Å². The summed E-state index contributed by atoms with van der Waals surface area (Å²) in [6.07, 6.45) is 3.60. The minimum absolute atomic E-state index is 0.408. The molecule has 3 heteroatoms. The molecule has 1 heterocycles. The van der Waals surface area contributed by atoms with Gasteiger partial charge in [0.25, 0.3) is 0 Å². The summed E-state index contributed by atoms with van der Waals surface area (Å²) < 4.78 is 2.16. The molecule has 0 bridgehead atoms. The van der Waals surface area contributed by atoms with Crippen LogP contribution in [0.5, 0.6) is 0 Å². The lowest BCUT2D eigenvalue weighted by Crippen LogP contribution is -2.20. The van der Waals surface area contributed by atoms with Crippen molar-refractivity contribution in [1.82, 2.24) is 15.1 Å². The molecule has 1 unspecified atom stereocenters. The Balaban J connectivity index is 2.80. The molecule has 0 amide bonds. The lowest BCUT2D eigenvalue weighted by molar-refractivity contribution is 0.546. The van der Waals surface area contributed by atoms with Crippen LogP contribution in [0.3, 0.4) is 0 Å². The molecular formula is C14H27N3. The number of aryl methyl sites for hydroxylation is 2. The highest BCUT2D eigenvalue weighted by molar-refractivity contribution is 5.27. The quantitative estimate of drug-likeness (QED) is 0.788. The second kappa shape index (κ2) is 6.80. The third kappa shape index (κ3) is 3.56. The Morgan fingerprint density at radius 1 is 1.24 bits per heavy atom. The Hall–Kier alpha value is -0.830. The van der Waals surface area contributed by atoms with Crippen molar-refractivity contribution in [1.29, 1.82) is 0 Å². The number of hydrogen-bond donors (Lipinski definition) is 1. The molecular weight excluding hydrogens is 210 g/mol. The molecule has 17 heavy (non-hydrogen) atoms. The summed E-state index contributed by atoms with van der Waals surface area (Å²) in [5.41, 5.74) is 3.89. The first-order chi connectivity index (χ1) is 8.11. The van der Waals surface area contributed by atoms with Gasteiger partial charge in [0, 0.05) is 23.8 Å². The van der Waals surface area contributed by atoms with Crippen LogP contribution in [0.25, 0.3) is 0 Å². The molecule has 1 aromatic heterocycles. The molecule has 0 fully saturated rings. The second-order valence-electron chi connectivity index (χ2n) is 4.84. The first-order valence-electron chi connectivity index (χ1n) is 6.89. The van der Waals surface area contributed by atoms with Gasteiger partial charge in [0.1, 0.15) is 0 Å². The van der Waals surface area contributed by atoms with Crippen molar-refractivity contribution < 1.29 is 0 Å². The molecule has 0 radical (unpaired) electrons. The van der Waals surface area contributed by atoms with Crippen molar-refractivity contribution in [2.75, 3.05) is 6.54 Å². The van der Waals surface area contributed by atoms with Crippen molar-refractivity contribution in [2.45, 2.75) is 66.5 Å². The third-order valence-corrected chi connectivity index (χ3v) is 3.29. The molecule has 0 spiro atoms. The van der Waals surface area contributed by atoms with Crippen LogP contribution in [0, 0.1) is 13.8 Å². The van der Waals surface area contributed by atoms with Crippen molar-refractivity contribution in [3.8, 4) is 0 Å². The molecule has 0 aliphatic rings. The fourth-order valence-corrected chi connectivity index (χ4v) is 2.33. The average Bonchev–Trinajstić information content (AvgIpc) is 2.59. The minimum atomic E-state index is 0.408. The first-order valence-corrected chi connectivity index (χ1v) is 6.89. The van der Waals surface area contributed by atoms with E-state index in [0.29, 0.717) is 6.04 Å². The number of nitrogens with one attached hydrogen (secondary N) is 1. The number of aromatic nitrogens is 2. The largest absolute Gasteiger partial charge is 0.310 e. The van der Waals surface area contributed by atoms with E-state index in [1.807, 2.05) is 0 Å². The van der Waals surface area contributed by atoms with Crippen LogP contribution in [-0.2, 0) is 6.54 Å². The summed E-state index contributed by atoms with van der Waals surface area (Å²) >= 11 is 0. The molecule has 1 atom stereocenters. The third-order valence-electron chi connectivity index (χ3n) is 3.29. The summed E-state index contributed by atoms with van der Waals surface area (Å²) in [6.45, 7) is 13.1. The highest BCUT2D eigenvalue weighted by atomic mass is 15.3. The van der Waals surface area contributed by atoms with Crippen LogP contribution >= 0.6 is 0 Å². The summed E-state index contributed by atoms with van der Waals surface area (Å²) in [7, 11) is 0.